The van der Waals surface area contributed by atoms with E-state index in [2.05, 4.69) is 36.1 Å². The standard InChI is InChI=1S/C9H3Cl2F18O3P/c10-33(11,30-1(4(12,13)14)5(15,16)17,31-2(6(18,19)20)7(21,22)23)32-3(8(24,25)26)9(27,28)29/h1-3H. The molecule has 0 saturated carbocycles. The van der Waals surface area contributed by atoms with Gasteiger partial charge in [-0.1, -0.05) is 0 Å². The van der Waals surface area contributed by atoms with E-state index < -0.39 is 61.4 Å². The zero-order valence-corrected chi connectivity index (χ0v) is 16.4. The van der Waals surface area contributed by atoms with Crippen LogP contribution < -0.4 is 0 Å². The summed E-state index contributed by atoms with van der Waals surface area (Å²) in [4.78, 5) is 0. The average molecular weight is 603 g/mol. The van der Waals surface area contributed by atoms with Gasteiger partial charge in [-0.05, 0) is 0 Å². The summed E-state index contributed by atoms with van der Waals surface area (Å²) in [6.07, 6.45) is -59.3. The van der Waals surface area contributed by atoms with Crippen LogP contribution in [-0.4, -0.2) is 55.4 Å². The Morgan fingerprint density at radius 1 is 0.364 bits per heavy atom. The Morgan fingerprint density at radius 3 is 0.576 bits per heavy atom. The van der Waals surface area contributed by atoms with Crippen molar-refractivity contribution in [3.63, 3.8) is 0 Å². The molecule has 0 aliphatic heterocycles. The van der Waals surface area contributed by atoms with E-state index >= 15 is 0 Å². The second kappa shape index (κ2) is 8.94. The van der Waals surface area contributed by atoms with Crippen LogP contribution in [-0.2, 0) is 13.6 Å². The molecule has 0 unspecified atom stereocenters. The first-order valence-corrected chi connectivity index (χ1v) is 10.5. The van der Waals surface area contributed by atoms with Crippen molar-refractivity contribution in [1.82, 2.24) is 0 Å². The molecule has 0 saturated heterocycles. The van der Waals surface area contributed by atoms with Crippen molar-refractivity contribution < 1.29 is 92.6 Å². The monoisotopic (exact) mass is 602 g/mol. The van der Waals surface area contributed by atoms with E-state index in [0.29, 0.717) is 0 Å². The SMILES string of the molecule is FC(F)(F)C(OP(Cl)(Cl)(OC(C(F)(F)F)C(F)(F)F)OC(C(F)(F)F)C(F)(F)F)C(F)(F)F. The second-order valence-electron chi connectivity index (χ2n) is 5.41. The topological polar surface area (TPSA) is 27.7 Å². The molecule has 33 heavy (non-hydrogen) atoms. The van der Waals surface area contributed by atoms with Gasteiger partial charge in [-0.3, -0.25) is 0 Å². The molecule has 202 valence electrons. The summed E-state index contributed by atoms with van der Waals surface area (Å²) in [5.41, 5.74) is 0. The van der Waals surface area contributed by atoms with Crippen LogP contribution in [0.25, 0.3) is 0 Å². The van der Waals surface area contributed by atoms with Gasteiger partial charge >= 0.3 is 176 Å². The Balaban J connectivity index is 7.02. The third kappa shape index (κ3) is 9.65. The quantitative estimate of drug-likeness (QED) is 0.227. The molecule has 24 heteroatoms. The van der Waals surface area contributed by atoms with Crippen LogP contribution in [0, 0.1) is 0 Å². The van der Waals surface area contributed by atoms with Crippen molar-refractivity contribution in [3.05, 3.63) is 0 Å². The van der Waals surface area contributed by atoms with Gasteiger partial charge in [0.15, 0.2) is 0 Å². The second-order valence-corrected chi connectivity index (χ2v) is 11.5. The molecule has 0 rings (SSSR count). The zero-order valence-electron chi connectivity index (χ0n) is 14.0. The number of hydrogen-bond donors (Lipinski definition) is 0. The van der Waals surface area contributed by atoms with Gasteiger partial charge in [-0.25, -0.2) is 0 Å². The van der Waals surface area contributed by atoms with Gasteiger partial charge in [0.05, 0.1) is 0 Å². The third-order valence-corrected chi connectivity index (χ3v) is 5.66. The molecule has 0 aromatic rings. The van der Waals surface area contributed by atoms with E-state index in [0.717, 1.165) is 0 Å². The summed E-state index contributed by atoms with van der Waals surface area (Å²) >= 11 is 8.89. The molecule has 0 aliphatic rings. The van der Waals surface area contributed by atoms with Gasteiger partial charge < -0.3 is 0 Å². The summed E-state index contributed by atoms with van der Waals surface area (Å²) in [5.74, 6) is -8.98. The Bertz CT molecular complexity index is 540. The molecule has 0 heterocycles. The molecule has 0 aliphatic carbocycles. The third-order valence-electron chi connectivity index (χ3n) is 2.60. The molecule has 0 fully saturated rings. The summed E-state index contributed by atoms with van der Waals surface area (Å²) in [5, 5.41) is 0. The molecule has 0 amide bonds. The van der Waals surface area contributed by atoms with Crippen LogP contribution in [0.4, 0.5) is 79.0 Å². The van der Waals surface area contributed by atoms with E-state index in [1.807, 2.05) is 0 Å². The van der Waals surface area contributed by atoms with Crippen LogP contribution in [0.5, 0.6) is 0 Å². The predicted molar refractivity (Wildman–Crippen MR) is 69.6 cm³/mol. The van der Waals surface area contributed by atoms with Crippen LogP contribution in [0.2, 0.25) is 0 Å². The number of alkyl halides is 18. The Hall–Kier alpha value is -0.370. The molecule has 0 bridgehead atoms. The van der Waals surface area contributed by atoms with Crippen LogP contribution >= 0.6 is 28.5 Å². The zero-order chi connectivity index (χ0) is 27.3. The van der Waals surface area contributed by atoms with E-state index in [1.54, 1.807) is 0 Å². The fraction of sp³-hybridized carbons (Fsp3) is 1.00. The number of halogens is 20. The number of hydrogen-bond acceptors (Lipinski definition) is 3. The average Bonchev–Trinajstić information content (AvgIpc) is 2.42. The maximum atomic E-state index is 12.6. The first-order valence-electron chi connectivity index (χ1n) is 6.73. The molecule has 0 aromatic heterocycles. The fourth-order valence-corrected chi connectivity index (χ4v) is 4.78. The molecular formula is C9H3Cl2F18O3P. The summed E-state index contributed by atoms with van der Waals surface area (Å²) < 4.78 is 234. The first kappa shape index (κ1) is 32.6. The van der Waals surface area contributed by atoms with E-state index in [9.17, 15) is 79.0 Å². The first-order chi connectivity index (χ1) is 13.8. The summed E-state index contributed by atoms with van der Waals surface area (Å²) in [7, 11) is 0. The predicted octanol–water partition coefficient (Wildman–Crippen LogP) is 8.12. The Labute approximate surface area is 177 Å². The van der Waals surface area contributed by atoms with Gasteiger partial charge in [0.1, 0.15) is 0 Å². The summed E-state index contributed by atoms with van der Waals surface area (Å²) in [6.45, 7) is 0. The minimum atomic E-state index is -8.98. The Morgan fingerprint density at radius 2 is 0.485 bits per heavy atom. The number of rotatable bonds is 6. The van der Waals surface area contributed by atoms with E-state index in [-0.39, 0.29) is 0 Å². The molecule has 0 radical (unpaired) electrons. The van der Waals surface area contributed by atoms with Crippen molar-refractivity contribution in [2.75, 3.05) is 0 Å². The van der Waals surface area contributed by atoms with E-state index in [4.69, 9.17) is 0 Å². The van der Waals surface area contributed by atoms with Crippen molar-refractivity contribution >= 4 is 28.5 Å². The molecule has 0 N–H and O–H groups in total. The van der Waals surface area contributed by atoms with Gasteiger partial charge in [-0.15, -0.1) is 0 Å². The molecule has 0 aromatic carbocycles. The van der Waals surface area contributed by atoms with Crippen molar-refractivity contribution in [1.29, 1.82) is 0 Å². The molecular weight excluding hydrogens is 600 g/mol. The van der Waals surface area contributed by atoms with Crippen molar-refractivity contribution in [2.45, 2.75) is 55.4 Å². The van der Waals surface area contributed by atoms with E-state index in [1.165, 1.54) is 0 Å². The Kier molecular flexibility index (Phi) is 8.83. The van der Waals surface area contributed by atoms with Crippen molar-refractivity contribution in [3.8, 4) is 0 Å². The van der Waals surface area contributed by atoms with Gasteiger partial charge in [0, 0.05) is 0 Å². The maximum absolute atomic E-state index is 12.6. The van der Waals surface area contributed by atoms with Gasteiger partial charge in [0.25, 0.3) is 0 Å². The van der Waals surface area contributed by atoms with Crippen LogP contribution in [0.3, 0.4) is 0 Å². The normalized spacial score (nSPS) is 17.1. The van der Waals surface area contributed by atoms with Crippen LogP contribution in [0.1, 0.15) is 0 Å². The summed E-state index contributed by atoms with van der Waals surface area (Å²) in [6, 6.07) is 0. The van der Waals surface area contributed by atoms with Crippen LogP contribution in [0.15, 0.2) is 0 Å². The molecule has 0 spiro atoms. The fourth-order valence-electron chi connectivity index (χ4n) is 1.49. The molecule has 0 atom stereocenters. The van der Waals surface area contributed by atoms with Gasteiger partial charge in [0.2, 0.25) is 0 Å². The molecule has 3 nitrogen and oxygen atoms in total. The van der Waals surface area contributed by atoms with Gasteiger partial charge in [-0.2, -0.15) is 0 Å². The van der Waals surface area contributed by atoms with Crippen molar-refractivity contribution in [2.24, 2.45) is 0 Å². The minimum absolute atomic E-state index is 2.56.